The van der Waals surface area contributed by atoms with Gasteiger partial charge in [0, 0.05) is 12.6 Å². The van der Waals surface area contributed by atoms with Gasteiger partial charge in [-0.2, -0.15) is 18.3 Å². The van der Waals surface area contributed by atoms with Gasteiger partial charge in [-0.1, -0.05) is 12.1 Å². The Kier molecular flexibility index (Phi) is 4.51. The molecule has 0 saturated heterocycles. The van der Waals surface area contributed by atoms with E-state index >= 15 is 0 Å². The van der Waals surface area contributed by atoms with Crippen LogP contribution in [0.3, 0.4) is 0 Å². The van der Waals surface area contributed by atoms with Gasteiger partial charge in [-0.15, -0.1) is 0 Å². The van der Waals surface area contributed by atoms with Crippen LogP contribution < -0.4 is 5.32 Å². The van der Waals surface area contributed by atoms with Crippen molar-refractivity contribution in [2.24, 2.45) is 0 Å². The summed E-state index contributed by atoms with van der Waals surface area (Å²) in [6.07, 6.45) is -4.56. The Morgan fingerprint density at radius 1 is 1.32 bits per heavy atom. The number of aliphatic hydroxyl groups is 1. The molecule has 0 bridgehead atoms. The Labute approximate surface area is 124 Å². The second kappa shape index (κ2) is 6.18. The summed E-state index contributed by atoms with van der Waals surface area (Å²) in [4.78, 5) is 11.5. The van der Waals surface area contributed by atoms with Crippen molar-refractivity contribution in [1.29, 1.82) is 0 Å². The normalized spacial score (nSPS) is 11.5. The molecule has 0 atom stereocenters. The molecule has 0 radical (unpaired) electrons. The first-order valence-corrected chi connectivity index (χ1v) is 6.45. The monoisotopic (exact) mass is 313 g/mol. The average Bonchev–Trinajstić information content (AvgIpc) is 2.91. The van der Waals surface area contributed by atoms with E-state index in [1.165, 1.54) is 31.3 Å². The molecule has 2 rings (SSSR count). The molecule has 1 aromatic carbocycles. The van der Waals surface area contributed by atoms with Crippen LogP contribution in [-0.4, -0.2) is 34.4 Å². The van der Waals surface area contributed by atoms with E-state index in [-0.39, 0.29) is 24.8 Å². The minimum absolute atomic E-state index is 0.0530. The lowest BCUT2D eigenvalue weighted by Gasteiger charge is -2.06. The lowest BCUT2D eigenvalue weighted by molar-refractivity contribution is -0.141. The van der Waals surface area contributed by atoms with Crippen LogP contribution in [0, 0.1) is 0 Å². The number of alkyl halides is 3. The van der Waals surface area contributed by atoms with Crippen molar-refractivity contribution in [1.82, 2.24) is 15.1 Å². The van der Waals surface area contributed by atoms with E-state index in [9.17, 15) is 18.0 Å². The van der Waals surface area contributed by atoms with Crippen molar-refractivity contribution in [3.8, 4) is 11.3 Å². The largest absolute Gasteiger partial charge is 0.435 e. The van der Waals surface area contributed by atoms with E-state index in [1.807, 2.05) is 0 Å². The third-order valence-electron chi connectivity index (χ3n) is 3.05. The number of amides is 1. The molecule has 0 aliphatic carbocycles. The molecule has 0 spiro atoms. The topological polar surface area (TPSA) is 67.2 Å². The molecule has 8 heteroatoms. The summed E-state index contributed by atoms with van der Waals surface area (Å²) in [6.45, 7) is -0.384. The molecule has 0 saturated carbocycles. The molecule has 1 aromatic heterocycles. The molecule has 5 nitrogen and oxygen atoms in total. The molecule has 2 N–H and O–H groups in total. The van der Waals surface area contributed by atoms with Crippen molar-refractivity contribution in [2.45, 2.75) is 12.7 Å². The predicted molar refractivity (Wildman–Crippen MR) is 73.1 cm³/mol. The fraction of sp³-hybridized carbons (Fsp3) is 0.286. The van der Waals surface area contributed by atoms with Gasteiger partial charge in [-0.25, -0.2) is 0 Å². The summed E-state index contributed by atoms with van der Waals surface area (Å²) < 4.78 is 39.4. The molecule has 2 aromatic rings. The van der Waals surface area contributed by atoms with Crippen LogP contribution in [0.15, 0.2) is 30.3 Å². The fourth-order valence-corrected chi connectivity index (χ4v) is 1.99. The van der Waals surface area contributed by atoms with Gasteiger partial charge in [0.1, 0.15) is 0 Å². The standard InChI is InChI=1S/C14H14F3N3O2/c1-18-13(22)10-4-2-9(3-5-10)11-8-12(14(15,16)17)19-20(11)6-7-21/h2-5,8,21H,6-7H2,1H3,(H,18,22). The second-order valence-electron chi connectivity index (χ2n) is 4.52. The van der Waals surface area contributed by atoms with Crippen LogP contribution in [0.1, 0.15) is 16.1 Å². The molecule has 118 valence electrons. The van der Waals surface area contributed by atoms with E-state index in [0.717, 1.165) is 10.7 Å². The number of carbonyl (C=O) groups is 1. The summed E-state index contributed by atoms with van der Waals surface area (Å²) in [6, 6.07) is 7.02. The number of hydrogen-bond donors (Lipinski definition) is 2. The number of benzene rings is 1. The third kappa shape index (κ3) is 3.28. The average molecular weight is 313 g/mol. The fourth-order valence-electron chi connectivity index (χ4n) is 1.99. The molecule has 0 aliphatic heterocycles. The van der Waals surface area contributed by atoms with Crippen LogP contribution in [0.5, 0.6) is 0 Å². The zero-order valence-electron chi connectivity index (χ0n) is 11.7. The number of rotatable bonds is 4. The number of aromatic nitrogens is 2. The van der Waals surface area contributed by atoms with Gasteiger partial charge >= 0.3 is 6.18 Å². The second-order valence-corrected chi connectivity index (χ2v) is 4.52. The summed E-state index contributed by atoms with van der Waals surface area (Å²) in [5, 5.41) is 14.9. The van der Waals surface area contributed by atoms with E-state index < -0.39 is 11.9 Å². The van der Waals surface area contributed by atoms with Gasteiger partial charge in [-0.3, -0.25) is 9.48 Å². The van der Waals surface area contributed by atoms with Crippen LogP contribution in [0.2, 0.25) is 0 Å². The molecule has 1 amide bonds. The molecule has 0 fully saturated rings. The van der Waals surface area contributed by atoms with Crippen molar-refractivity contribution in [3.63, 3.8) is 0 Å². The maximum absolute atomic E-state index is 12.8. The highest BCUT2D eigenvalue weighted by Gasteiger charge is 2.35. The number of aliphatic hydroxyl groups excluding tert-OH is 1. The number of halogens is 3. The SMILES string of the molecule is CNC(=O)c1ccc(-c2cc(C(F)(F)F)nn2CCO)cc1. The quantitative estimate of drug-likeness (QED) is 0.906. The molecule has 0 unspecified atom stereocenters. The van der Waals surface area contributed by atoms with Gasteiger partial charge < -0.3 is 10.4 Å². The zero-order chi connectivity index (χ0) is 16.3. The Bertz CT molecular complexity index is 663. The van der Waals surface area contributed by atoms with E-state index in [4.69, 9.17) is 5.11 Å². The molecular weight excluding hydrogens is 299 g/mol. The first kappa shape index (κ1) is 16.0. The number of carbonyl (C=O) groups excluding carboxylic acids is 1. The van der Waals surface area contributed by atoms with E-state index in [0.29, 0.717) is 11.1 Å². The molecule has 22 heavy (non-hydrogen) atoms. The third-order valence-corrected chi connectivity index (χ3v) is 3.05. The highest BCUT2D eigenvalue weighted by atomic mass is 19.4. The van der Waals surface area contributed by atoms with Gasteiger partial charge in [0.25, 0.3) is 5.91 Å². The van der Waals surface area contributed by atoms with Crippen molar-refractivity contribution in [3.05, 3.63) is 41.6 Å². The van der Waals surface area contributed by atoms with E-state index in [2.05, 4.69) is 10.4 Å². The van der Waals surface area contributed by atoms with Gasteiger partial charge in [0.05, 0.1) is 18.8 Å². The Morgan fingerprint density at radius 2 is 1.95 bits per heavy atom. The molecule has 0 aliphatic rings. The lowest BCUT2D eigenvalue weighted by atomic mass is 10.1. The number of nitrogens with one attached hydrogen (secondary N) is 1. The van der Waals surface area contributed by atoms with Gasteiger partial charge in [-0.05, 0) is 23.8 Å². The smallest absolute Gasteiger partial charge is 0.394 e. The van der Waals surface area contributed by atoms with E-state index in [1.54, 1.807) is 0 Å². The Balaban J connectivity index is 2.42. The van der Waals surface area contributed by atoms with Crippen LogP contribution in [0.4, 0.5) is 13.2 Å². The van der Waals surface area contributed by atoms with Crippen molar-refractivity contribution >= 4 is 5.91 Å². The number of nitrogens with zero attached hydrogens (tertiary/aromatic N) is 2. The maximum Gasteiger partial charge on any atom is 0.435 e. The minimum Gasteiger partial charge on any atom is -0.394 e. The Hall–Kier alpha value is -2.35. The lowest BCUT2D eigenvalue weighted by Crippen LogP contribution is -2.17. The summed E-state index contributed by atoms with van der Waals surface area (Å²) in [5.41, 5.74) is 0.0794. The Morgan fingerprint density at radius 3 is 2.45 bits per heavy atom. The van der Waals surface area contributed by atoms with Crippen LogP contribution >= 0.6 is 0 Å². The minimum atomic E-state index is -4.56. The maximum atomic E-state index is 12.8. The summed E-state index contributed by atoms with van der Waals surface area (Å²) >= 11 is 0. The first-order valence-electron chi connectivity index (χ1n) is 6.45. The van der Waals surface area contributed by atoms with Crippen molar-refractivity contribution < 1.29 is 23.1 Å². The van der Waals surface area contributed by atoms with Gasteiger partial charge in [0.15, 0.2) is 5.69 Å². The zero-order valence-corrected chi connectivity index (χ0v) is 11.7. The molecular formula is C14H14F3N3O2. The highest BCUT2D eigenvalue weighted by molar-refractivity contribution is 5.94. The number of hydrogen-bond acceptors (Lipinski definition) is 3. The highest BCUT2D eigenvalue weighted by Crippen LogP contribution is 2.31. The van der Waals surface area contributed by atoms with Gasteiger partial charge in [0.2, 0.25) is 0 Å². The molecule has 1 heterocycles. The van der Waals surface area contributed by atoms with Crippen LogP contribution in [-0.2, 0) is 12.7 Å². The first-order chi connectivity index (χ1) is 10.4. The predicted octanol–water partition coefficient (Wildman–Crippen LogP) is 1.92. The van der Waals surface area contributed by atoms with Crippen molar-refractivity contribution in [2.75, 3.05) is 13.7 Å². The van der Waals surface area contributed by atoms with Crippen LogP contribution in [0.25, 0.3) is 11.3 Å². The summed E-state index contributed by atoms with van der Waals surface area (Å²) in [7, 11) is 1.49. The summed E-state index contributed by atoms with van der Waals surface area (Å²) in [5.74, 6) is -0.286.